The predicted molar refractivity (Wildman–Crippen MR) is 60.0 cm³/mol. The van der Waals surface area contributed by atoms with Crippen LogP contribution < -0.4 is 5.32 Å². The molecule has 82 valence electrons. The molecule has 3 rings (SSSR count). The fourth-order valence-electron chi connectivity index (χ4n) is 2.69. The van der Waals surface area contributed by atoms with Crippen molar-refractivity contribution in [3.63, 3.8) is 0 Å². The number of hydrogen-bond donors (Lipinski definition) is 1. The summed E-state index contributed by atoms with van der Waals surface area (Å²) in [7, 11) is 0. The van der Waals surface area contributed by atoms with Gasteiger partial charge in [-0.2, -0.15) is 5.10 Å². The van der Waals surface area contributed by atoms with E-state index in [2.05, 4.69) is 21.2 Å². The highest BCUT2D eigenvalue weighted by Gasteiger charge is 2.25. The maximum absolute atomic E-state index is 4.50. The molecule has 1 N–H and O–H groups in total. The Hall–Kier alpha value is -0.830. The highest BCUT2D eigenvalue weighted by Crippen LogP contribution is 2.34. The van der Waals surface area contributed by atoms with E-state index in [4.69, 9.17) is 0 Å². The molecular weight excluding hydrogens is 186 g/mol. The zero-order chi connectivity index (χ0) is 10.1. The van der Waals surface area contributed by atoms with Crippen LogP contribution in [0.1, 0.15) is 49.8 Å². The van der Waals surface area contributed by atoms with Crippen LogP contribution in [0, 0.1) is 0 Å². The molecule has 0 radical (unpaired) electrons. The van der Waals surface area contributed by atoms with Gasteiger partial charge in [0.1, 0.15) is 0 Å². The first-order chi connectivity index (χ1) is 7.45. The predicted octanol–water partition coefficient (Wildman–Crippen LogP) is 2.08. The number of hydrogen-bond acceptors (Lipinski definition) is 2. The average Bonchev–Trinajstić information content (AvgIpc) is 2.65. The lowest BCUT2D eigenvalue weighted by Crippen LogP contribution is -2.31. The highest BCUT2D eigenvalue weighted by molar-refractivity contribution is 5.11. The van der Waals surface area contributed by atoms with E-state index in [1.165, 1.54) is 44.3 Å². The Bertz CT molecular complexity index is 321. The van der Waals surface area contributed by atoms with E-state index in [0.29, 0.717) is 12.0 Å². The smallest absolute Gasteiger partial charge is 0.0522 e. The molecule has 0 spiro atoms. The van der Waals surface area contributed by atoms with Gasteiger partial charge in [0.25, 0.3) is 0 Å². The van der Waals surface area contributed by atoms with E-state index in [1.54, 1.807) is 0 Å². The molecule has 1 saturated carbocycles. The van der Waals surface area contributed by atoms with Crippen LogP contribution in [0.4, 0.5) is 0 Å². The fourth-order valence-corrected chi connectivity index (χ4v) is 2.69. The Labute approximate surface area is 90.9 Å². The zero-order valence-corrected chi connectivity index (χ0v) is 9.15. The third-order valence-electron chi connectivity index (χ3n) is 3.84. The van der Waals surface area contributed by atoms with Gasteiger partial charge in [0.15, 0.2) is 0 Å². The second kappa shape index (κ2) is 3.97. The first kappa shape index (κ1) is 9.40. The van der Waals surface area contributed by atoms with Crippen LogP contribution in [-0.4, -0.2) is 22.9 Å². The van der Waals surface area contributed by atoms with Gasteiger partial charge in [0.2, 0.25) is 0 Å². The van der Waals surface area contributed by atoms with Gasteiger partial charge in [-0.05, 0) is 44.7 Å². The molecule has 1 aliphatic heterocycles. The van der Waals surface area contributed by atoms with Crippen molar-refractivity contribution in [2.45, 2.75) is 44.1 Å². The second-order valence-electron chi connectivity index (χ2n) is 4.83. The number of piperidine rings is 1. The van der Waals surface area contributed by atoms with E-state index >= 15 is 0 Å². The Morgan fingerprint density at radius 1 is 1.27 bits per heavy atom. The molecule has 2 fully saturated rings. The zero-order valence-electron chi connectivity index (χ0n) is 9.15. The van der Waals surface area contributed by atoms with Crippen LogP contribution in [0.3, 0.4) is 0 Å². The number of rotatable bonds is 2. The SMILES string of the molecule is c1cc([C@H]2CCCNC2)n(C2CCC2)n1. The van der Waals surface area contributed by atoms with Gasteiger partial charge < -0.3 is 5.32 Å². The van der Waals surface area contributed by atoms with Gasteiger partial charge >= 0.3 is 0 Å². The molecule has 1 aliphatic carbocycles. The maximum atomic E-state index is 4.50. The van der Waals surface area contributed by atoms with Crippen molar-refractivity contribution < 1.29 is 0 Å². The summed E-state index contributed by atoms with van der Waals surface area (Å²) >= 11 is 0. The third kappa shape index (κ3) is 1.69. The van der Waals surface area contributed by atoms with Crippen LogP contribution >= 0.6 is 0 Å². The van der Waals surface area contributed by atoms with Gasteiger partial charge in [-0.3, -0.25) is 4.68 Å². The Morgan fingerprint density at radius 3 is 2.87 bits per heavy atom. The number of aromatic nitrogens is 2. The molecule has 0 aromatic carbocycles. The summed E-state index contributed by atoms with van der Waals surface area (Å²) in [6.07, 6.45) is 8.64. The molecule has 2 aliphatic rings. The molecule has 0 bridgehead atoms. The fraction of sp³-hybridized carbons (Fsp3) is 0.750. The molecule has 1 aromatic rings. The number of nitrogens with zero attached hydrogens (tertiary/aromatic N) is 2. The van der Waals surface area contributed by atoms with Gasteiger partial charge in [0, 0.05) is 24.4 Å². The van der Waals surface area contributed by atoms with Crippen LogP contribution in [0.2, 0.25) is 0 Å². The lowest BCUT2D eigenvalue weighted by molar-refractivity contribution is 0.273. The first-order valence-corrected chi connectivity index (χ1v) is 6.19. The summed E-state index contributed by atoms with van der Waals surface area (Å²) in [6, 6.07) is 2.92. The van der Waals surface area contributed by atoms with E-state index in [-0.39, 0.29) is 0 Å². The van der Waals surface area contributed by atoms with E-state index in [9.17, 15) is 0 Å². The minimum Gasteiger partial charge on any atom is -0.316 e. The van der Waals surface area contributed by atoms with E-state index in [1.807, 2.05) is 6.20 Å². The summed E-state index contributed by atoms with van der Waals surface area (Å²) < 4.78 is 2.29. The van der Waals surface area contributed by atoms with E-state index < -0.39 is 0 Å². The van der Waals surface area contributed by atoms with Crippen molar-refractivity contribution in [2.75, 3.05) is 13.1 Å². The molecule has 3 heteroatoms. The van der Waals surface area contributed by atoms with Crippen LogP contribution in [0.5, 0.6) is 0 Å². The third-order valence-corrected chi connectivity index (χ3v) is 3.84. The molecule has 2 heterocycles. The minimum atomic E-state index is 0.696. The van der Waals surface area contributed by atoms with Crippen molar-refractivity contribution in [1.82, 2.24) is 15.1 Å². The summed E-state index contributed by atoms with van der Waals surface area (Å²) in [4.78, 5) is 0. The van der Waals surface area contributed by atoms with Gasteiger partial charge in [-0.15, -0.1) is 0 Å². The van der Waals surface area contributed by atoms with Crippen molar-refractivity contribution in [2.24, 2.45) is 0 Å². The quantitative estimate of drug-likeness (QED) is 0.801. The van der Waals surface area contributed by atoms with Crippen molar-refractivity contribution >= 4 is 0 Å². The molecule has 15 heavy (non-hydrogen) atoms. The Morgan fingerprint density at radius 2 is 2.20 bits per heavy atom. The average molecular weight is 205 g/mol. The molecular formula is C12H19N3. The normalized spacial score (nSPS) is 27.6. The topological polar surface area (TPSA) is 29.9 Å². The van der Waals surface area contributed by atoms with Crippen LogP contribution in [-0.2, 0) is 0 Å². The van der Waals surface area contributed by atoms with Crippen molar-refractivity contribution in [3.05, 3.63) is 18.0 Å². The first-order valence-electron chi connectivity index (χ1n) is 6.19. The molecule has 0 unspecified atom stereocenters. The van der Waals surface area contributed by atoms with Crippen molar-refractivity contribution in [1.29, 1.82) is 0 Å². The monoisotopic (exact) mass is 205 g/mol. The maximum Gasteiger partial charge on any atom is 0.0522 e. The largest absolute Gasteiger partial charge is 0.316 e. The molecule has 1 saturated heterocycles. The van der Waals surface area contributed by atoms with E-state index in [0.717, 1.165) is 6.54 Å². The van der Waals surface area contributed by atoms with Gasteiger partial charge in [0.05, 0.1) is 6.04 Å². The van der Waals surface area contributed by atoms with Crippen LogP contribution in [0.15, 0.2) is 12.3 Å². The van der Waals surface area contributed by atoms with Crippen LogP contribution in [0.25, 0.3) is 0 Å². The molecule has 0 amide bonds. The van der Waals surface area contributed by atoms with Crippen molar-refractivity contribution in [3.8, 4) is 0 Å². The minimum absolute atomic E-state index is 0.696. The molecule has 3 nitrogen and oxygen atoms in total. The summed E-state index contributed by atoms with van der Waals surface area (Å²) in [5.74, 6) is 0.696. The van der Waals surface area contributed by atoms with Gasteiger partial charge in [-0.1, -0.05) is 0 Å². The summed E-state index contributed by atoms with van der Waals surface area (Å²) in [5, 5.41) is 7.99. The molecule has 1 atom stereocenters. The Balaban J connectivity index is 1.80. The number of nitrogens with one attached hydrogen (secondary N) is 1. The molecule has 1 aromatic heterocycles. The lowest BCUT2D eigenvalue weighted by Gasteiger charge is -2.31. The lowest BCUT2D eigenvalue weighted by atomic mass is 9.91. The summed E-state index contributed by atoms with van der Waals surface area (Å²) in [6.45, 7) is 2.33. The summed E-state index contributed by atoms with van der Waals surface area (Å²) in [5.41, 5.74) is 1.46. The second-order valence-corrected chi connectivity index (χ2v) is 4.83. The standard InChI is InChI=1S/C12H19N3/c1-4-11(5-1)15-12(6-8-14-15)10-3-2-7-13-9-10/h6,8,10-11,13H,1-5,7,9H2/t10-/m0/s1. The Kier molecular flexibility index (Phi) is 2.49. The highest BCUT2D eigenvalue weighted by atomic mass is 15.3. The van der Waals surface area contributed by atoms with Gasteiger partial charge in [-0.25, -0.2) is 0 Å².